The molecule has 0 aromatic heterocycles. The zero-order valence-electron chi connectivity index (χ0n) is 15.5. The number of methoxy groups -OCH3 is 1. The summed E-state index contributed by atoms with van der Waals surface area (Å²) in [5.74, 6) is 0.491. The molecule has 0 saturated heterocycles. The van der Waals surface area contributed by atoms with Crippen LogP contribution in [-0.2, 0) is 9.59 Å². The molecule has 0 fully saturated rings. The summed E-state index contributed by atoms with van der Waals surface area (Å²) in [7, 11) is 1.55. The van der Waals surface area contributed by atoms with Crippen LogP contribution < -0.4 is 15.4 Å². The minimum atomic E-state index is -0.349. The standard InChI is InChI=1S/C20H24N2O3S/c1-13-8-7-10-16(14(13)2)22-20(24)15(3)26-12-19(23)21-17-9-5-6-11-18(17)25-4/h5-11,15H,12H2,1-4H3,(H,21,23)(H,22,24). The molecule has 0 bridgehead atoms. The summed E-state index contributed by atoms with van der Waals surface area (Å²) >= 11 is 1.29. The minimum absolute atomic E-state index is 0.117. The van der Waals surface area contributed by atoms with Crippen molar-refractivity contribution >= 4 is 35.0 Å². The van der Waals surface area contributed by atoms with E-state index in [2.05, 4.69) is 10.6 Å². The summed E-state index contributed by atoms with van der Waals surface area (Å²) < 4.78 is 5.21. The van der Waals surface area contributed by atoms with Crippen LogP contribution in [0, 0.1) is 13.8 Å². The summed E-state index contributed by atoms with van der Waals surface area (Å²) in [6.07, 6.45) is 0. The van der Waals surface area contributed by atoms with Crippen LogP contribution in [0.4, 0.5) is 11.4 Å². The first kappa shape index (κ1) is 19.8. The van der Waals surface area contributed by atoms with Gasteiger partial charge in [-0.15, -0.1) is 11.8 Å². The van der Waals surface area contributed by atoms with E-state index < -0.39 is 0 Å². The van der Waals surface area contributed by atoms with Gasteiger partial charge in [0.15, 0.2) is 0 Å². The zero-order chi connectivity index (χ0) is 19.1. The minimum Gasteiger partial charge on any atom is -0.495 e. The fraction of sp³-hybridized carbons (Fsp3) is 0.300. The van der Waals surface area contributed by atoms with Gasteiger partial charge in [0.25, 0.3) is 0 Å². The fourth-order valence-corrected chi connectivity index (χ4v) is 3.02. The van der Waals surface area contributed by atoms with Crippen molar-refractivity contribution in [2.75, 3.05) is 23.5 Å². The Bertz CT molecular complexity index is 792. The predicted molar refractivity (Wildman–Crippen MR) is 108 cm³/mol. The van der Waals surface area contributed by atoms with Crippen molar-refractivity contribution in [3.05, 3.63) is 53.6 Å². The second kappa shape index (κ2) is 9.29. The van der Waals surface area contributed by atoms with Crippen molar-refractivity contribution in [1.29, 1.82) is 0 Å². The van der Waals surface area contributed by atoms with Gasteiger partial charge in [0.05, 0.1) is 23.8 Å². The molecule has 0 saturated carbocycles. The molecule has 1 unspecified atom stereocenters. The number of rotatable bonds is 7. The molecule has 0 aliphatic heterocycles. The van der Waals surface area contributed by atoms with Crippen LogP contribution in [0.1, 0.15) is 18.1 Å². The Hall–Kier alpha value is -2.47. The molecule has 0 radical (unpaired) electrons. The van der Waals surface area contributed by atoms with E-state index in [9.17, 15) is 9.59 Å². The van der Waals surface area contributed by atoms with Gasteiger partial charge in [-0.1, -0.05) is 24.3 Å². The van der Waals surface area contributed by atoms with Gasteiger partial charge >= 0.3 is 0 Å². The van der Waals surface area contributed by atoms with Gasteiger partial charge in [0, 0.05) is 5.69 Å². The summed E-state index contributed by atoms with van der Waals surface area (Å²) in [4.78, 5) is 24.5. The Labute approximate surface area is 158 Å². The van der Waals surface area contributed by atoms with Crippen molar-refractivity contribution < 1.29 is 14.3 Å². The monoisotopic (exact) mass is 372 g/mol. The first-order valence-corrected chi connectivity index (χ1v) is 9.38. The number of para-hydroxylation sites is 2. The van der Waals surface area contributed by atoms with Gasteiger partial charge in [-0.25, -0.2) is 0 Å². The Morgan fingerprint density at radius 3 is 2.46 bits per heavy atom. The third-order valence-corrected chi connectivity index (χ3v) is 5.22. The van der Waals surface area contributed by atoms with Gasteiger partial charge in [-0.3, -0.25) is 9.59 Å². The van der Waals surface area contributed by atoms with Crippen LogP contribution in [0.3, 0.4) is 0 Å². The molecule has 2 N–H and O–H groups in total. The third-order valence-electron chi connectivity index (χ3n) is 4.08. The molecule has 2 aromatic carbocycles. The van der Waals surface area contributed by atoms with Crippen LogP contribution in [0.2, 0.25) is 0 Å². The summed E-state index contributed by atoms with van der Waals surface area (Å²) in [5.41, 5.74) is 3.60. The number of hydrogen-bond donors (Lipinski definition) is 2. The van der Waals surface area contributed by atoms with E-state index in [4.69, 9.17) is 4.74 Å². The summed E-state index contributed by atoms with van der Waals surface area (Å²) in [6.45, 7) is 5.77. The van der Waals surface area contributed by atoms with E-state index in [0.717, 1.165) is 16.8 Å². The Kier molecular flexibility index (Phi) is 7.09. The summed E-state index contributed by atoms with van der Waals surface area (Å²) in [6, 6.07) is 13.0. The van der Waals surface area contributed by atoms with Crippen LogP contribution in [0.25, 0.3) is 0 Å². The summed E-state index contributed by atoms with van der Waals surface area (Å²) in [5, 5.41) is 5.39. The molecule has 0 heterocycles. The molecular formula is C20H24N2O3S. The second-order valence-corrected chi connectivity index (χ2v) is 7.27. The molecule has 138 valence electrons. The number of ether oxygens (including phenoxy) is 1. The Balaban J connectivity index is 1.87. The lowest BCUT2D eigenvalue weighted by Gasteiger charge is -2.15. The van der Waals surface area contributed by atoms with E-state index in [0.29, 0.717) is 11.4 Å². The fourth-order valence-electron chi connectivity index (χ4n) is 2.33. The van der Waals surface area contributed by atoms with Crippen molar-refractivity contribution in [3.63, 3.8) is 0 Å². The molecular weight excluding hydrogens is 348 g/mol. The molecule has 2 rings (SSSR count). The van der Waals surface area contributed by atoms with Gasteiger partial charge in [0.2, 0.25) is 11.8 Å². The average Bonchev–Trinajstić information content (AvgIpc) is 2.63. The molecule has 0 spiro atoms. The lowest BCUT2D eigenvalue weighted by molar-refractivity contribution is -0.115. The number of benzene rings is 2. The maximum absolute atomic E-state index is 12.4. The number of anilines is 2. The highest BCUT2D eigenvalue weighted by Crippen LogP contribution is 2.24. The normalized spacial score (nSPS) is 11.5. The number of carbonyl (C=O) groups is 2. The number of hydrogen-bond acceptors (Lipinski definition) is 4. The van der Waals surface area contributed by atoms with Crippen molar-refractivity contribution in [2.24, 2.45) is 0 Å². The van der Waals surface area contributed by atoms with E-state index in [1.807, 2.05) is 44.2 Å². The highest BCUT2D eigenvalue weighted by molar-refractivity contribution is 8.01. The zero-order valence-corrected chi connectivity index (χ0v) is 16.3. The Morgan fingerprint density at radius 2 is 1.73 bits per heavy atom. The second-order valence-electron chi connectivity index (χ2n) is 5.94. The quantitative estimate of drug-likeness (QED) is 0.771. The number of aryl methyl sites for hydroxylation is 1. The topological polar surface area (TPSA) is 67.4 Å². The molecule has 6 heteroatoms. The van der Waals surface area contributed by atoms with Crippen molar-refractivity contribution in [3.8, 4) is 5.75 Å². The number of carbonyl (C=O) groups excluding carboxylic acids is 2. The van der Waals surface area contributed by atoms with Gasteiger partial charge in [-0.05, 0) is 50.1 Å². The third kappa shape index (κ3) is 5.26. The lowest BCUT2D eigenvalue weighted by atomic mass is 10.1. The maximum atomic E-state index is 12.4. The van der Waals surface area contributed by atoms with Crippen LogP contribution in [-0.4, -0.2) is 29.9 Å². The van der Waals surface area contributed by atoms with Gasteiger partial charge in [0.1, 0.15) is 5.75 Å². The average molecular weight is 372 g/mol. The van der Waals surface area contributed by atoms with Crippen LogP contribution >= 0.6 is 11.8 Å². The molecule has 5 nitrogen and oxygen atoms in total. The molecule has 1 atom stereocenters. The SMILES string of the molecule is COc1ccccc1NC(=O)CSC(C)C(=O)Nc1cccc(C)c1C. The highest BCUT2D eigenvalue weighted by atomic mass is 32.2. The van der Waals surface area contributed by atoms with Gasteiger partial charge in [-0.2, -0.15) is 0 Å². The number of amides is 2. The van der Waals surface area contributed by atoms with Crippen molar-refractivity contribution in [1.82, 2.24) is 0 Å². The first-order chi connectivity index (χ1) is 12.4. The van der Waals surface area contributed by atoms with Crippen LogP contribution in [0.5, 0.6) is 5.75 Å². The predicted octanol–water partition coefficient (Wildman–Crippen LogP) is 4.01. The molecule has 0 aliphatic rings. The van der Waals surface area contributed by atoms with E-state index in [1.54, 1.807) is 26.2 Å². The van der Waals surface area contributed by atoms with Gasteiger partial charge < -0.3 is 15.4 Å². The number of nitrogens with one attached hydrogen (secondary N) is 2. The Morgan fingerprint density at radius 1 is 1.04 bits per heavy atom. The number of thioether (sulfide) groups is 1. The smallest absolute Gasteiger partial charge is 0.237 e. The molecule has 0 aliphatic carbocycles. The van der Waals surface area contributed by atoms with E-state index in [1.165, 1.54) is 11.8 Å². The largest absolute Gasteiger partial charge is 0.495 e. The highest BCUT2D eigenvalue weighted by Gasteiger charge is 2.17. The van der Waals surface area contributed by atoms with E-state index >= 15 is 0 Å². The molecule has 2 aromatic rings. The van der Waals surface area contributed by atoms with Crippen molar-refractivity contribution in [2.45, 2.75) is 26.0 Å². The lowest BCUT2D eigenvalue weighted by Crippen LogP contribution is -2.25. The van der Waals surface area contributed by atoms with E-state index in [-0.39, 0.29) is 22.8 Å². The van der Waals surface area contributed by atoms with Crippen LogP contribution in [0.15, 0.2) is 42.5 Å². The first-order valence-electron chi connectivity index (χ1n) is 8.34. The molecule has 2 amide bonds. The molecule has 26 heavy (non-hydrogen) atoms. The maximum Gasteiger partial charge on any atom is 0.237 e.